The highest BCUT2D eigenvalue weighted by Crippen LogP contribution is 2.27. The third-order valence-electron chi connectivity index (χ3n) is 4.18. The van der Waals surface area contributed by atoms with E-state index in [4.69, 9.17) is 4.74 Å². The van der Waals surface area contributed by atoms with Gasteiger partial charge in [-0.3, -0.25) is 9.78 Å². The highest BCUT2D eigenvalue weighted by atomic mass is 16.5. The van der Waals surface area contributed by atoms with Gasteiger partial charge >= 0.3 is 0 Å². The second-order valence-corrected chi connectivity index (χ2v) is 6.48. The van der Waals surface area contributed by atoms with E-state index < -0.39 is 0 Å². The molecule has 0 atom stereocenters. The Morgan fingerprint density at radius 2 is 1.81 bits per heavy atom. The van der Waals surface area contributed by atoms with Crippen molar-refractivity contribution >= 4 is 23.0 Å². The van der Waals surface area contributed by atoms with Crippen LogP contribution < -0.4 is 15.4 Å². The number of hydrogen-bond donors (Lipinski definition) is 2. The van der Waals surface area contributed by atoms with Crippen LogP contribution in [0.25, 0.3) is 0 Å². The molecule has 0 bridgehead atoms. The topological polar surface area (TPSA) is 63.2 Å². The molecule has 1 aromatic heterocycles. The summed E-state index contributed by atoms with van der Waals surface area (Å²) in [6.07, 6.45) is 1.63. The predicted molar refractivity (Wildman–Crippen MR) is 109 cm³/mol. The molecule has 138 valence electrons. The zero-order valence-corrected chi connectivity index (χ0v) is 15.7. The monoisotopic (exact) mass is 361 g/mol. The average molecular weight is 361 g/mol. The number of amides is 1. The van der Waals surface area contributed by atoms with E-state index in [0.29, 0.717) is 23.0 Å². The number of ether oxygens (including phenoxy) is 1. The Bertz CT molecular complexity index is 938. The average Bonchev–Trinajstić information content (AvgIpc) is 2.68. The molecule has 27 heavy (non-hydrogen) atoms. The van der Waals surface area contributed by atoms with Gasteiger partial charge in [0.2, 0.25) is 0 Å². The van der Waals surface area contributed by atoms with E-state index in [1.54, 1.807) is 31.5 Å². The number of anilines is 3. The van der Waals surface area contributed by atoms with Gasteiger partial charge in [-0.25, -0.2) is 0 Å². The summed E-state index contributed by atoms with van der Waals surface area (Å²) in [7, 11) is 1.59. The molecule has 0 unspecified atom stereocenters. The highest BCUT2D eigenvalue weighted by molar-refractivity contribution is 6.03. The summed E-state index contributed by atoms with van der Waals surface area (Å²) >= 11 is 0. The normalized spacial score (nSPS) is 10.5. The highest BCUT2D eigenvalue weighted by Gasteiger charge is 2.11. The third-order valence-corrected chi connectivity index (χ3v) is 4.18. The number of carbonyl (C=O) groups excluding carboxylic acids is 1. The number of rotatable bonds is 6. The lowest BCUT2D eigenvalue weighted by Crippen LogP contribution is -2.14. The lowest BCUT2D eigenvalue weighted by atomic mass is 10.0. The van der Waals surface area contributed by atoms with Crippen molar-refractivity contribution in [1.82, 2.24) is 4.98 Å². The Kier molecular flexibility index (Phi) is 5.71. The lowest BCUT2D eigenvalue weighted by molar-refractivity contribution is 0.102. The molecular formula is C22H23N3O2. The number of methoxy groups -OCH3 is 1. The number of para-hydroxylation sites is 1. The van der Waals surface area contributed by atoms with Gasteiger partial charge in [-0.2, -0.15) is 0 Å². The fraction of sp³-hybridized carbons (Fsp3) is 0.182. The van der Waals surface area contributed by atoms with Crippen LogP contribution in [0.2, 0.25) is 0 Å². The molecule has 0 aliphatic heterocycles. The minimum absolute atomic E-state index is 0.274. The molecule has 5 nitrogen and oxygen atoms in total. The van der Waals surface area contributed by atoms with Gasteiger partial charge < -0.3 is 15.4 Å². The summed E-state index contributed by atoms with van der Waals surface area (Å²) in [4.78, 5) is 16.7. The summed E-state index contributed by atoms with van der Waals surface area (Å²) in [5.74, 6) is 0.803. The second-order valence-electron chi connectivity index (χ2n) is 6.48. The van der Waals surface area contributed by atoms with E-state index >= 15 is 0 Å². The number of benzene rings is 2. The zero-order chi connectivity index (χ0) is 19.2. The molecule has 0 fully saturated rings. The minimum Gasteiger partial charge on any atom is -0.497 e. The Morgan fingerprint density at radius 1 is 1.00 bits per heavy atom. The molecule has 1 heterocycles. The first-order valence-electron chi connectivity index (χ1n) is 8.84. The number of nitrogens with one attached hydrogen (secondary N) is 2. The maximum Gasteiger partial charge on any atom is 0.274 e. The Morgan fingerprint density at radius 3 is 2.59 bits per heavy atom. The van der Waals surface area contributed by atoms with Gasteiger partial charge in [0.1, 0.15) is 11.4 Å². The quantitative estimate of drug-likeness (QED) is 0.633. The second kappa shape index (κ2) is 8.36. The number of carbonyl (C=O) groups is 1. The first-order chi connectivity index (χ1) is 13.1. The molecule has 0 aliphatic carbocycles. The van der Waals surface area contributed by atoms with Gasteiger partial charge in [-0.1, -0.05) is 38.1 Å². The maximum atomic E-state index is 12.6. The van der Waals surface area contributed by atoms with Crippen molar-refractivity contribution in [3.05, 3.63) is 78.1 Å². The molecule has 0 aliphatic rings. The van der Waals surface area contributed by atoms with E-state index in [1.165, 1.54) is 5.56 Å². The van der Waals surface area contributed by atoms with Gasteiger partial charge in [0.25, 0.3) is 5.91 Å². The summed E-state index contributed by atoms with van der Waals surface area (Å²) in [6.45, 7) is 4.31. The predicted octanol–water partition coefficient (Wildman–Crippen LogP) is 5.21. The van der Waals surface area contributed by atoms with Crippen LogP contribution in [0.5, 0.6) is 5.75 Å². The van der Waals surface area contributed by atoms with E-state index in [0.717, 1.165) is 11.4 Å². The van der Waals surface area contributed by atoms with Crippen LogP contribution in [0.15, 0.2) is 66.9 Å². The van der Waals surface area contributed by atoms with Crippen LogP contribution in [-0.2, 0) is 0 Å². The fourth-order valence-corrected chi connectivity index (χ4v) is 2.80. The van der Waals surface area contributed by atoms with Crippen LogP contribution in [0.3, 0.4) is 0 Å². The van der Waals surface area contributed by atoms with Crippen molar-refractivity contribution in [2.24, 2.45) is 0 Å². The number of aromatic nitrogens is 1. The van der Waals surface area contributed by atoms with Crippen molar-refractivity contribution in [2.75, 3.05) is 17.7 Å². The molecule has 3 aromatic rings. The fourth-order valence-electron chi connectivity index (χ4n) is 2.80. The van der Waals surface area contributed by atoms with Gasteiger partial charge in [0, 0.05) is 29.3 Å². The van der Waals surface area contributed by atoms with Crippen LogP contribution in [0.4, 0.5) is 17.1 Å². The number of hydrogen-bond acceptors (Lipinski definition) is 4. The number of pyridine rings is 1. The molecule has 1 amide bonds. The van der Waals surface area contributed by atoms with Gasteiger partial charge in [-0.05, 0) is 41.8 Å². The summed E-state index contributed by atoms with van der Waals surface area (Å²) in [5.41, 5.74) is 4.05. The molecule has 0 spiro atoms. The maximum absolute atomic E-state index is 12.6. The summed E-state index contributed by atoms with van der Waals surface area (Å²) in [6, 6.07) is 19.0. The molecule has 0 saturated heterocycles. The lowest BCUT2D eigenvalue weighted by Gasteiger charge is -2.15. The van der Waals surface area contributed by atoms with E-state index in [1.807, 2.05) is 36.4 Å². The smallest absolute Gasteiger partial charge is 0.274 e. The molecule has 0 saturated carbocycles. The van der Waals surface area contributed by atoms with Crippen molar-refractivity contribution < 1.29 is 9.53 Å². The van der Waals surface area contributed by atoms with Gasteiger partial charge in [-0.15, -0.1) is 0 Å². The summed E-state index contributed by atoms with van der Waals surface area (Å²) in [5, 5.41) is 6.24. The van der Waals surface area contributed by atoms with E-state index in [2.05, 4.69) is 35.5 Å². The Hall–Kier alpha value is -3.34. The zero-order valence-electron chi connectivity index (χ0n) is 15.7. The first kappa shape index (κ1) is 18.5. The molecular weight excluding hydrogens is 338 g/mol. The van der Waals surface area contributed by atoms with E-state index in [-0.39, 0.29) is 5.91 Å². The molecule has 5 heteroatoms. The van der Waals surface area contributed by atoms with Gasteiger partial charge in [0.15, 0.2) is 0 Å². The summed E-state index contributed by atoms with van der Waals surface area (Å²) < 4.78 is 5.18. The minimum atomic E-state index is -0.274. The SMILES string of the molecule is COc1cccc(NC(=O)c2cc(Nc3ccccc3C(C)C)ccn2)c1. The van der Waals surface area contributed by atoms with Crippen molar-refractivity contribution in [3.8, 4) is 5.75 Å². The van der Waals surface area contributed by atoms with Crippen LogP contribution in [0, 0.1) is 0 Å². The van der Waals surface area contributed by atoms with Crippen molar-refractivity contribution in [1.29, 1.82) is 0 Å². The third kappa shape index (κ3) is 4.64. The molecule has 0 radical (unpaired) electrons. The van der Waals surface area contributed by atoms with Crippen molar-refractivity contribution in [2.45, 2.75) is 19.8 Å². The molecule has 3 rings (SSSR count). The van der Waals surface area contributed by atoms with E-state index in [9.17, 15) is 4.79 Å². The largest absolute Gasteiger partial charge is 0.497 e. The van der Waals surface area contributed by atoms with Crippen LogP contribution >= 0.6 is 0 Å². The standard InChI is InChI=1S/C22H23N3O2/c1-15(2)19-9-4-5-10-20(19)24-17-11-12-23-21(14-17)22(26)25-16-7-6-8-18(13-16)27-3/h4-15H,1-3H3,(H,23,24)(H,25,26). The van der Waals surface area contributed by atoms with Crippen LogP contribution in [0.1, 0.15) is 35.8 Å². The number of nitrogens with zero attached hydrogens (tertiary/aromatic N) is 1. The first-order valence-corrected chi connectivity index (χ1v) is 8.84. The molecule has 2 N–H and O–H groups in total. The van der Waals surface area contributed by atoms with Crippen LogP contribution in [-0.4, -0.2) is 18.0 Å². The Balaban J connectivity index is 1.78. The molecule has 2 aromatic carbocycles. The van der Waals surface area contributed by atoms with Crippen molar-refractivity contribution in [3.63, 3.8) is 0 Å². The Labute approximate surface area is 159 Å². The van der Waals surface area contributed by atoms with Gasteiger partial charge in [0.05, 0.1) is 7.11 Å².